The van der Waals surface area contributed by atoms with Crippen molar-refractivity contribution in [3.8, 4) is 5.75 Å². The van der Waals surface area contributed by atoms with Crippen molar-refractivity contribution >= 4 is 17.4 Å². The van der Waals surface area contributed by atoms with Gasteiger partial charge in [0.25, 0.3) is 11.7 Å². The van der Waals surface area contributed by atoms with Crippen LogP contribution in [0.25, 0.3) is 5.76 Å². The molecule has 0 bridgehead atoms. The number of rotatable bonds is 9. The van der Waals surface area contributed by atoms with Crippen molar-refractivity contribution in [2.24, 2.45) is 5.92 Å². The fraction of sp³-hybridized carbons (Fsp3) is 0.423. The highest BCUT2D eigenvalue weighted by atomic mass is 16.5. The van der Waals surface area contributed by atoms with Crippen LogP contribution in [0, 0.1) is 12.8 Å². The molecule has 0 spiro atoms. The molecule has 32 heavy (non-hydrogen) atoms. The van der Waals surface area contributed by atoms with Crippen LogP contribution in [0.2, 0.25) is 0 Å². The van der Waals surface area contributed by atoms with Crippen LogP contribution in [0.3, 0.4) is 0 Å². The number of unbranched alkanes of at least 4 members (excludes halogenated alkanes) is 2. The average Bonchev–Trinajstić information content (AvgIpc) is 3.03. The zero-order chi connectivity index (χ0) is 23.3. The Morgan fingerprint density at radius 2 is 1.97 bits per heavy atom. The van der Waals surface area contributed by atoms with Crippen LogP contribution >= 0.6 is 0 Å². The number of carbonyl (C=O) groups is 2. The molecule has 1 aromatic heterocycles. The molecule has 1 fully saturated rings. The first-order chi connectivity index (χ1) is 15.3. The quantitative estimate of drug-likeness (QED) is 0.258. The van der Waals surface area contributed by atoms with Gasteiger partial charge in [0.05, 0.1) is 17.9 Å². The van der Waals surface area contributed by atoms with E-state index in [1.165, 1.54) is 0 Å². The summed E-state index contributed by atoms with van der Waals surface area (Å²) in [4.78, 5) is 31.8. The predicted octanol–water partition coefficient (Wildman–Crippen LogP) is 5.04. The summed E-state index contributed by atoms with van der Waals surface area (Å²) in [6, 6.07) is 9.98. The number of amides is 1. The number of ether oxygens (including phenoxy) is 1. The number of nitrogens with zero attached hydrogens (tertiary/aromatic N) is 2. The molecular formula is C26H32N2O4. The van der Waals surface area contributed by atoms with Gasteiger partial charge in [-0.05, 0) is 55.2 Å². The van der Waals surface area contributed by atoms with E-state index in [1.807, 2.05) is 13.0 Å². The van der Waals surface area contributed by atoms with Crippen LogP contribution in [0.1, 0.15) is 62.9 Å². The minimum atomic E-state index is -0.703. The van der Waals surface area contributed by atoms with Crippen LogP contribution in [0.4, 0.5) is 0 Å². The van der Waals surface area contributed by atoms with E-state index in [9.17, 15) is 14.7 Å². The minimum absolute atomic E-state index is 0.0837. The van der Waals surface area contributed by atoms with Crippen LogP contribution < -0.4 is 4.74 Å². The topological polar surface area (TPSA) is 79.7 Å². The molecule has 1 aliphatic rings. The Morgan fingerprint density at radius 3 is 2.59 bits per heavy atom. The summed E-state index contributed by atoms with van der Waals surface area (Å²) in [5, 5.41) is 11.2. The molecule has 0 radical (unpaired) electrons. The van der Waals surface area contributed by atoms with Crippen LogP contribution in [0.15, 0.2) is 48.2 Å². The van der Waals surface area contributed by atoms with Gasteiger partial charge in [-0.1, -0.05) is 39.7 Å². The third-order valence-electron chi connectivity index (χ3n) is 5.53. The number of carbonyl (C=O) groups excluding carboxylic acids is 2. The maximum Gasteiger partial charge on any atom is 0.295 e. The van der Waals surface area contributed by atoms with Gasteiger partial charge in [0.1, 0.15) is 17.6 Å². The smallest absolute Gasteiger partial charge is 0.295 e. The number of aliphatic hydroxyl groups excluding tert-OH is 1. The molecule has 1 saturated heterocycles. The Kier molecular flexibility index (Phi) is 7.67. The number of ketones is 1. The van der Waals surface area contributed by atoms with Gasteiger partial charge < -0.3 is 14.7 Å². The largest absolute Gasteiger partial charge is 0.507 e. The lowest BCUT2D eigenvalue weighted by molar-refractivity contribution is -0.140. The molecule has 2 heterocycles. The first-order valence-electron chi connectivity index (χ1n) is 11.3. The van der Waals surface area contributed by atoms with Gasteiger partial charge in [-0.2, -0.15) is 0 Å². The SMILES string of the molecule is CCCCCN1C(=O)C(=O)/C(=C(\O)c2ccc(OCC(C)C)c(C)c2)C1c1ccccn1. The molecule has 1 unspecified atom stereocenters. The predicted molar refractivity (Wildman–Crippen MR) is 124 cm³/mol. The Balaban J connectivity index is 2.03. The number of hydrogen-bond acceptors (Lipinski definition) is 5. The van der Waals surface area contributed by atoms with E-state index in [2.05, 4.69) is 25.8 Å². The number of Topliss-reactive ketones (excluding diaryl/α,β-unsaturated/α-hetero) is 1. The molecule has 2 aromatic rings. The molecule has 1 aromatic carbocycles. The van der Waals surface area contributed by atoms with E-state index in [0.717, 1.165) is 30.6 Å². The van der Waals surface area contributed by atoms with Crippen molar-refractivity contribution in [2.75, 3.05) is 13.2 Å². The van der Waals surface area contributed by atoms with E-state index in [4.69, 9.17) is 4.74 Å². The van der Waals surface area contributed by atoms with Crippen LogP contribution in [-0.4, -0.2) is 39.8 Å². The second kappa shape index (κ2) is 10.4. The molecule has 6 heteroatoms. The Labute approximate surface area is 189 Å². The van der Waals surface area contributed by atoms with E-state index >= 15 is 0 Å². The maximum absolute atomic E-state index is 13.0. The number of aryl methyl sites for hydroxylation is 1. The second-order valence-corrected chi connectivity index (χ2v) is 8.64. The first kappa shape index (κ1) is 23.5. The lowest BCUT2D eigenvalue weighted by Gasteiger charge is -2.24. The molecule has 1 aliphatic heterocycles. The Bertz CT molecular complexity index is 998. The van der Waals surface area contributed by atoms with Gasteiger partial charge in [-0.15, -0.1) is 0 Å². The number of pyridine rings is 1. The highest BCUT2D eigenvalue weighted by Crippen LogP contribution is 2.39. The number of aliphatic hydroxyl groups is 1. The Morgan fingerprint density at radius 1 is 1.19 bits per heavy atom. The number of hydrogen-bond donors (Lipinski definition) is 1. The zero-order valence-corrected chi connectivity index (χ0v) is 19.3. The van der Waals surface area contributed by atoms with Gasteiger partial charge in [-0.3, -0.25) is 14.6 Å². The highest BCUT2D eigenvalue weighted by molar-refractivity contribution is 6.46. The maximum atomic E-state index is 13.0. The van der Waals surface area contributed by atoms with Crippen molar-refractivity contribution < 1.29 is 19.4 Å². The van der Waals surface area contributed by atoms with Crippen molar-refractivity contribution in [2.45, 2.75) is 53.0 Å². The zero-order valence-electron chi connectivity index (χ0n) is 19.3. The summed E-state index contributed by atoms with van der Waals surface area (Å²) < 4.78 is 5.82. The standard InChI is InChI=1S/C26H32N2O4/c1-5-6-9-14-28-23(20-10-7-8-13-27-20)22(25(30)26(28)31)24(29)19-11-12-21(18(4)15-19)32-16-17(2)3/h7-8,10-13,15,17,23,29H,5-6,9,14,16H2,1-4H3/b24-22-. The van der Waals surface area contributed by atoms with E-state index in [1.54, 1.807) is 41.4 Å². The van der Waals surface area contributed by atoms with Gasteiger partial charge in [0.15, 0.2) is 0 Å². The summed E-state index contributed by atoms with van der Waals surface area (Å²) in [5.74, 6) is -0.323. The summed E-state index contributed by atoms with van der Waals surface area (Å²) in [5.41, 5.74) is 1.98. The van der Waals surface area contributed by atoms with E-state index in [0.29, 0.717) is 30.3 Å². The van der Waals surface area contributed by atoms with Gasteiger partial charge in [0, 0.05) is 18.3 Å². The fourth-order valence-corrected chi connectivity index (χ4v) is 3.86. The van der Waals surface area contributed by atoms with Gasteiger partial charge >= 0.3 is 0 Å². The number of aromatic nitrogens is 1. The normalized spacial score (nSPS) is 17.9. The molecule has 0 saturated carbocycles. The molecule has 0 aliphatic carbocycles. The number of benzene rings is 1. The Hall–Kier alpha value is -3.15. The van der Waals surface area contributed by atoms with Crippen LogP contribution in [-0.2, 0) is 9.59 Å². The number of likely N-dealkylation sites (tertiary alicyclic amines) is 1. The summed E-state index contributed by atoms with van der Waals surface area (Å²) in [6.07, 6.45) is 4.37. The third-order valence-corrected chi connectivity index (χ3v) is 5.53. The molecule has 6 nitrogen and oxygen atoms in total. The molecule has 1 atom stereocenters. The monoisotopic (exact) mass is 436 g/mol. The van der Waals surface area contributed by atoms with Crippen molar-refractivity contribution in [3.05, 3.63) is 65.0 Å². The second-order valence-electron chi connectivity index (χ2n) is 8.64. The van der Waals surface area contributed by atoms with Crippen LogP contribution in [0.5, 0.6) is 5.75 Å². The van der Waals surface area contributed by atoms with Gasteiger partial charge in [-0.25, -0.2) is 0 Å². The molecule has 1 N–H and O–H groups in total. The summed E-state index contributed by atoms with van der Waals surface area (Å²) >= 11 is 0. The van der Waals surface area contributed by atoms with Crippen molar-refractivity contribution in [1.82, 2.24) is 9.88 Å². The summed E-state index contributed by atoms with van der Waals surface area (Å²) in [6.45, 7) is 9.17. The molecule has 170 valence electrons. The molecular weight excluding hydrogens is 404 g/mol. The van der Waals surface area contributed by atoms with E-state index in [-0.39, 0.29) is 11.3 Å². The molecule has 3 rings (SSSR count). The molecule has 1 amide bonds. The first-order valence-corrected chi connectivity index (χ1v) is 11.3. The van der Waals surface area contributed by atoms with Crippen molar-refractivity contribution in [3.63, 3.8) is 0 Å². The van der Waals surface area contributed by atoms with Crippen molar-refractivity contribution in [1.29, 1.82) is 0 Å². The minimum Gasteiger partial charge on any atom is -0.507 e. The lowest BCUT2D eigenvalue weighted by atomic mass is 9.97. The average molecular weight is 437 g/mol. The van der Waals surface area contributed by atoms with Gasteiger partial charge in [0.2, 0.25) is 0 Å². The third kappa shape index (κ3) is 5.01. The fourth-order valence-electron chi connectivity index (χ4n) is 3.86. The van der Waals surface area contributed by atoms with E-state index < -0.39 is 17.7 Å². The lowest BCUT2D eigenvalue weighted by Crippen LogP contribution is -2.31. The highest BCUT2D eigenvalue weighted by Gasteiger charge is 2.46. The summed E-state index contributed by atoms with van der Waals surface area (Å²) in [7, 11) is 0.